The molecule has 2 amide bonds. The number of amides is 2. The van der Waals surface area contributed by atoms with E-state index < -0.39 is 88.3 Å². The van der Waals surface area contributed by atoms with Crippen LogP contribution in [-0.2, 0) is 48.7 Å². The van der Waals surface area contributed by atoms with Crippen LogP contribution in [0.1, 0.15) is 49.5 Å². The van der Waals surface area contributed by atoms with Crippen LogP contribution in [0.25, 0.3) is 22.3 Å². The number of nitrogens with one attached hydrogen (secondary N) is 3. The van der Waals surface area contributed by atoms with E-state index in [2.05, 4.69) is 40.5 Å². The van der Waals surface area contributed by atoms with E-state index in [9.17, 15) is 24.5 Å². The highest BCUT2D eigenvalue weighted by atomic mass is 32.5. The van der Waals surface area contributed by atoms with E-state index in [1.54, 1.807) is 48.7 Å². The van der Waals surface area contributed by atoms with E-state index in [0.717, 1.165) is 0 Å². The molecule has 316 valence electrons. The summed E-state index contributed by atoms with van der Waals surface area (Å²) in [5.41, 5.74) is 0.0796. The van der Waals surface area contributed by atoms with Crippen molar-refractivity contribution < 1.29 is 51.0 Å². The zero-order valence-electron chi connectivity index (χ0n) is 31.6. The van der Waals surface area contributed by atoms with Crippen molar-refractivity contribution in [2.75, 3.05) is 30.5 Å². The first-order valence-electron chi connectivity index (χ1n) is 18.4. The summed E-state index contributed by atoms with van der Waals surface area (Å²) in [6.45, 7) is -1.59. The lowest BCUT2D eigenvalue weighted by molar-refractivity contribution is -0.118. The van der Waals surface area contributed by atoms with Gasteiger partial charge in [-0.1, -0.05) is 32.0 Å². The number of H-pyrrole nitrogens is 1. The van der Waals surface area contributed by atoms with Crippen LogP contribution in [0.2, 0.25) is 0 Å². The van der Waals surface area contributed by atoms with Crippen molar-refractivity contribution in [1.82, 2.24) is 39.0 Å². The molecule has 4 N–H and O–H groups in total. The van der Waals surface area contributed by atoms with Gasteiger partial charge in [0.15, 0.2) is 40.5 Å². The number of hydrogen-bond acceptors (Lipinski definition) is 18. The van der Waals surface area contributed by atoms with Gasteiger partial charge in [-0.25, -0.2) is 24.3 Å². The molecule has 5 aromatic rings. The van der Waals surface area contributed by atoms with Crippen molar-refractivity contribution in [3.8, 4) is 6.07 Å². The van der Waals surface area contributed by atoms with Gasteiger partial charge in [-0.05, 0) is 23.9 Å². The Morgan fingerprint density at radius 1 is 1.08 bits per heavy atom. The average molecular weight is 888 g/mol. The fraction of sp³-hybridized carbons (Fsp3) is 0.441. The molecule has 0 aliphatic carbocycles. The monoisotopic (exact) mass is 887 g/mol. The minimum atomic E-state index is -3.82. The Hall–Kier alpha value is -4.76. The minimum absolute atomic E-state index is 0.0662. The molecule has 8 rings (SSSR count). The van der Waals surface area contributed by atoms with Crippen LogP contribution in [0.3, 0.4) is 0 Å². The second-order valence-electron chi connectivity index (χ2n) is 13.9. The molecule has 0 radical (unpaired) electrons. The topological polar surface area (TPSA) is 274 Å². The first-order chi connectivity index (χ1) is 28.9. The molecule has 7 heterocycles. The normalized spacial score (nSPS) is 28.4. The summed E-state index contributed by atoms with van der Waals surface area (Å²) in [7, 11) is -2.83. The van der Waals surface area contributed by atoms with Gasteiger partial charge in [0, 0.05) is 17.9 Å². The molecule has 3 saturated heterocycles. The Morgan fingerprint density at radius 3 is 2.65 bits per heavy atom. The largest absolute Gasteiger partial charge is 0.349 e. The second-order valence-corrected chi connectivity index (χ2v) is 17.8. The highest BCUT2D eigenvalue weighted by molar-refractivity contribution is 8.07. The maximum atomic E-state index is 16.4. The molecule has 0 spiro atoms. The van der Waals surface area contributed by atoms with E-state index in [0.29, 0.717) is 11.2 Å². The number of nitriles is 1. The number of alkyl halides is 1. The molecule has 26 heteroatoms. The average Bonchev–Trinajstić information content (AvgIpc) is 4.02. The lowest BCUT2D eigenvalue weighted by Crippen LogP contribution is -2.32. The Labute approximate surface area is 344 Å². The van der Waals surface area contributed by atoms with Gasteiger partial charge in [0.25, 0.3) is 11.5 Å². The van der Waals surface area contributed by atoms with Crippen molar-refractivity contribution >= 4 is 73.0 Å². The number of ether oxygens (including phenoxy) is 2. The van der Waals surface area contributed by atoms with Gasteiger partial charge in [-0.2, -0.15) is 10.2 Å². The maximum absolute atomic E-state index is 16.4. The van der Waals surface area contributed by atoms with E-state index in [-0.39, 0.29) is 54.5 Å². The molecule has 60 heavy (non-hydrogen) atoms. The third kappa shape index (κ3) is 8.70. The van der Waals surface area contributed by atoms with Crippen LogP contribution < -0.4 is 16.2 Å². The number of hydrogen-bond donors (Lipinski definition) is 4. The van der Waals surface area contributed by atoms with E-state index in [4.69, 9.17) is 43.9 Å². The number of aromatic nitrogens is 8. The van der Waals surface area contributed by atoms with Crippen molar-refractivity contribution in [2.45, 2.75) is 69.7 Å². The fourth-order valence-corrected chi connectivity index (χ4v) is 9.45. The first kappa shape index (κ1) is 42.0. The molecule has 2 unspecified atom stereocenters. The molecule has 4 aromatic heterocycles. The van der Waals surface area contributed by atoms with Crippen LogP contribution in [0.4, 0.5) is 16.2 Å². The maximum Gasteiger partial charge on any atom is 0.330 e. The number of benzene rings is 1. The molecular weight excluding hydrogens is 851 g/mol. The molecule has 1 aromatic carbocycles. The van der Waals surface area contributed by atoms with Crippen molar-refractivity contribution in [3.63, 3.8) is 0 Å². The van der Waals surface area contributed by atoms with Crippen LogP contribution >= 0.6 is 15.3 Å². The number of imidazole rings is 2. The quantitative estimate of drug-likeness (QED) is 0.122. The van der Waals surface area contributed by atoms with Gasteiger partial charge in [0.05, 0.1) is 51.1 Å². The van der Waals surface area contributed by atoms with Crippen LogP contribution in [0, 0.1) is 17.2 Å². The summed E-state index contributed by atoms with van der Waals surface area (Å²) < 4.78 is 61.5. The second kappa shape index (κ2) is 17.7. The number of aromatic amines is 1. The molecule has 3 aliphatic heterocycles. The molecule has 22 nitrogen and oxygen atoms in total. The number of carbonyl (C=O) groups excluding carboxylic acids is 2. The van der Waals surface area contributed by atoms with Crippen molar-refractivity contribution in [2.24, 2.45) is 5.92 Å². The predicted octanol–water partition coefficient (Wildman–Crippen LogP) is 3.52. The van der Waals surface area contributed by atoms with E-state index >= 15 is 4.39 Å². The molecule has 9 atom stereocenters. The number of halogens is 1. The predicted molar refractivity (Wildman–Crippen MR) is 210 cm³/mol. The van der Waals surface area contributed by atoms with Crippen LogP contribution in [-0.4, -0.2) is 106 Å². The standard InChI is InChI=1S/C34H36FN11O11P2S/c1-17(2)30(47)43-34-42-29-25(32(49)44-34)40-16-46(29)33-26-23(35)21(55-33)13-53-59(60,52-10-6-9-36)57-19-11-22(54-20(19)12-51-58(50)56-26)45-15-39-24-27(37-14-38-28(24)45)41-31(48)18-7-4-3-5-8-18/h3-5,7-8,14-17,19-23,26,33,50H,6,10-13H2,1-2H3,(H,37,38,41,48)(H2,42,43,44,47,49)/t19-,20-,21-,22-,23-,26-,33-,58?,59?/m1/s1. The smallest absolute Gasteiger partial charge is 0.330 e. The molecule has 0 saturated carbocycles. The Morgan fingerprint density at radius 2 is 1.87 bits per heavy atom. The van der Waals surface area contributed by atoms with Gasteiger partial charge in [0.1, 0.15) is 30.9 Å². The van der Waals surface area contributed by atoms with Crippen LogP contribution in [0.5, 0.6) is 0 Å². The highest BCUT2D eigenvalue weighted by Crippen LogP contribution is 2.55. The molecule has 3 aliphatic rings. The Kier molecular flexibility index (Phi) is 12.4. The summed E-state index contributed by atoms with van der Waals surface area (Å²) in [6.07, 6.45) is -5.14. The van der Waals surface area contributed by atoms with Gasteiger partial charge in [-0.15, -0.1) is 0 Å². The third-order valence-electron chi connectivity index (χ3n) is 9.54. The van der Waals surface area contributed by atoms with Gasteiger partial charge < -0.3 is 42.3 Å². The van der Waals surface area contributed by atoms with E-state index in [1.165, 1.54) is 23.5 Å². The lowest BCUT2D eigenvalue weighted by Gasteiger charge is -2.28. The highest BCUT2D eigenvalue weighted by Gasteiger charge is 2.51. The SMILES string of the molecule is CC(C)C(=O)Nc1nc2c(ncn2[C@@H]2O[C@@H]3COP(=S)(OCCC#N)O[C@@H]4C[C@H](n5cnc6c(NC(=O)c7ccccc7)ncnc65)O[C@@H]4COP(O)O[C@@H]2[C@@H]3F)c(=O)[nH]1. The zero-order valence-corrected chi connectivity index (χ0v) is 34.2. The summed E-state index contributed by atoms with van der Waals surface area (Å²) in [5, 5.41) is 14.5. The Bertz CT molecular complexity index is 2540. The van der Waals surface area contributed by atoms with Crippen molar-refractivity contribution in [3.05, 3.63) is 65.2 Å². The number of rotatable bonds is 9. The summed E-state index contributed by atoms with van der Waals surface area (Å²) in [4.78, 5) is 73.3. The van der Waals surface area contributed by atoms with Gasteiger partial charge in [-0.3, -0.25) is 33.8 Å². The molecule has 3 fully saturated rings. The van der Waals surface area contributed by atoms with Crippen LogP contribution in [0.15, 0.2) is 54.1 Å². The molecular formula is C34H36FN11O11P2S. The minimum Gasteiger partial charge on any atom is -0.349 e. The number of nitrogens with zero attached hydrogens (tertiary/aromatic N) is 8. The summed E-state index contributed by atoms with van der Waals surface area (Å²) in [5.74, 6) is -1.28. The zero-order chi connectivity index (χ0) is 42.1. The third-order valence-corrected chi connectivity index (χ3v) is 12.7. The molecule has 2 bridgehead atoms. The summed E-state index contributed by atoms with van der Waals surface area (Å²) >= 11 is 5.80. The van der Waals surface area contributed by atoms with Crippen molar-refractivity contribution in [1.29, 1.82) is 5.26 Å². The number of carbonyl (C=O) groups is 2. The first-order valence-corrected chi connectivity index (χ1v) is 22.1. The van der Waals surface area contributed by atoms with E-state index in [1.807, 2.05) is 6.07 Å². The summed E-state index contributed by atoms with van der Waals surface area (Å²) in [6, 6.07) is 10.5. The number of fused-ring (bicyclic) bond motifs is 5. The fourth-order valence-electron chi connectivity index (χ4n) is 6.56. The van der Waals surface area contributed by atoms with Gasteiger partial charge >= 0.3 is 15.3 Å². The Balaban J connectivity index is 1.06. The lowest BCUT2D eigenvalue weighted by atomic mass is 10.1. The van der Waals surface area contributed by atoms with Gasteiger partial charge in [0.2, 0.25) is 11.9 Å². The number of anilines is 2.